The second-order valence-electron chi connectivity index (χ2n) is 6.36. The van der Waals surface area contributed by atoms with Crippen LogP contribution < -0.4 is 0 Å². The molecule has 18 heavy (non-hydrogen) atoms. The van der Waals surface area contributed by atoms with Crippen LogP contribution in [0.1, 0.15) is 46.5 Å². The third-order valence-electron chi connectivity index (χ3n) is 4.95. The predicted octanol–water partition coefficient (Wildman–Crippen LogP) is 2.84. The largest absolute Gasteiger partial charge is 0.458 e. The van der Waals surface area contributed by atoms with E-state index in [-0.39, 0.29) is 23.6 Å². The summed E-state index contributed by atoms with van der Waals surface area (Å²) in [4.78, 5) is 11.7. The summed E-state index contributed by atoms with van der Waals surface area (Å²) in [5, 5.41) is 0. The zero-order valence-corrected chi connectivity index (χ0v) is 11.4. The number of hydrogen-bond donors (Lipinski definition) is 0. The van der Waals surface area contributed by atoms with Crippen molar-refractivity contribution in [1.82, 2.24) is 0 Å². The molecule has 0 amide bonds. The molecule has 0 aromatic heterocycles. The average molecular weight is 250 g/mol. The first-order valence-corrected chi connectivity index (χ1v) is 7.05. The van der Waals surface area contributed by atoms with Gasteiger partial charge in [0.05, 0.1) is 17.6 Å². The van der Waals surface area contributed by atoms with Gasteiger partial charge in [0.1, 0.15) is 6.10 Å². The molecule has 3 heteroatoms. The Kier molecular flexibility index (Phi) is 2.77. The van der Waals surface area contributed by atoms with Crippen LogP contribution >= 0.6 is 0 Å². The molecule has 2 fully saturated rings. The third-order valence-corrected chi connectivity index (χ3v) is 4.95. The van der Waals surface area contributed by atoms with Gasteiger partial charge in [0.15, 0.2) is 0 Å². The van der Waals surface area contributed by atoms with Crippen LogP contribution in [0, 0.1) is 11.8 Å². The van der Waals surface area contributed by atoms with Crippen molar-refractivity contribution in [2.75, 3.05) is 0 Å². The topological polar surface area (TPSA) is 38.8 Å². The summed E-state index contributed by atoms with van der Waals surface area (Å²) in [5.74, 6) is 0.318. The molecule has 0 bridgehead atoms. The molecule has 2 heterocycles. The van der Waals surface area contributed by atoms with Crippen LogP contribution in [-0.4, -0.2) is 23.8 Å². The second kappa shape index (κ2) is 4.09. The number of fused-ring (bicyclic) bond motifs is 2. The van der Waals surface area contributed by atoms with Gasteiger partial charge in [0, 0.05) is 5.92 Å². The Morgan fingerprint density at radius 2 is 2.17 bits per heavy atom. The van der Waals surface area contributed by atoms with E-state index in [1.165, 1.54) is 5.57 Å². The summed E-state index contributed by atoms with van der Waals surface area (Å²) in [6.45, 7) is 6.33. The van der Waals surface area contributed by atoms with Gasteiger partial charge in [-0.3, -0.25) is 4.79 Å². The summed E-state index contributed by atoms with van der Waals surface area (Å²) in [6, 6.07) is 0. The average Bonchev–Trinajstić information content (AvgIpc) is 2.89. The first-order chi connectivity index (χ1) is 8.49. The quantitative estimate of drug-likeness (QED) is 0.377. The molecule has 0 saturated carbocycles. The zero-order valence-electron chi connectivity index (χ0n) is 11.4. The van der Waals surface area contributed by atoms with Gasteiger partial charge < -0.3 is 9.47 Å². The molecular formula is C15H22O3. The molecular weight excluding hydrogens is 228 g/mol. The van der Waals surface area contributed by atoms with Gasteiger partial charge in [-0.05, 0) is 45.6 Å². The number of carbonyl (C=O) groups excluding carboxylic acids is 1. The summed E-state index contributed by atoms with van der Waals surface area (Å²) in [6.07, 6.45) is 6.80. The van der Waals surface area contributed by atoms with E-state index < -0.39 is 0 Å². The Hall–Kier alpha value is -0.830. The summed E-state index contributed by atoms with van der Waals surface area (Å²) < 4.78 is 11.3. The Bertz CT molecular complexity index is 401. The molecule has 0 unspecified atom stereocenters. The van der Waals surface area contributed by atoms with Gasteiger partial charge >= 0.3 is 5.97 Å². The SMILES string of the molecule is C/C1=C\[C@H]2OC(=O)[C@@H](C)[C@@H]2CC[C@]2(C)O[C@@H]2CC1. The first kappa shape index (κ1) is 12.2. The highest BCUT2D eigenvalue weighted by Crippen LogP contribution is 2.46. The van der Waals surface area contributed by atoms with Crippen LogP contribution in [0.2, 0.25) is 0 Å². The van der Waals surface area contributed by atoms with Crippen LogP contribution in [0.4, 0.5) is 0 Å². The van der Waals surface area contributed by atoms with Gasteiger partial charge in [-0.15, -0.1) is 0 Å². The van der Waals surface area contributed by atoms with E-state index in [0.717, 1.165) is 25.7 Å². The fraction of sp³-hybridized carbons (Fsp3) is 0.800. The van der Waals surface area contributed by atoms with Crippen molar-refractivity contribution in [3.8, 4) is 0 Å². The van der Waals surface area contributed by atoms with Crippen LogP contribution in [0.3, 0.4) is 0 Å². The molecule has 2 saturated heterocycles. The number of rotatable bonds is 0. The highest BCUT2D eigenvalue weighted by atomic mass is 16.6. The smallest absolute Gasteiger partial charge is 0.309 e. The van der Waals surface area contributed by atoms with Crippen molar-refractivity contribution in [1.29, 1.82) is 0 Å². The lowest BCUT2D eigenvalue weighted by molar-refractivity contribution is -0.142. The number of hydrogen-bond acceptors (Lipinski definition) is 3. The van der Waals surface area contributed by atoms with Gasteiger partial charge in [0.2, 0.25) is 0 Å². The molecule has 0 radical (unpaired) electrons. The minimum Gasteiger partial charge on any atom is -0.458 e. The molecule has 0 aromatic rings. The van der Waals surface area contributed by atoms with E-state index in [1.54, 1.807) is 0 Å². The van der Waals surface area contributed by atoms with Crippen LogP contribution in [-0.2, 0) is 14.3 Å². The normalized spacial score (nSPS) is 50.6. The maximum Gasteiger partial charge on any atom is 0.309 e. The van der Waals surface area contributed by atoms with E-state index in [0.29, 0.717) is 12.0 Å². The number of ether oxygens (including phenoxy) is 2. The fourth-order valence-corrected chi connectivity index (χ4v) is 3.41. The van der Waals surface area contributed by atoms with Crippen LogP contribution in [0.15, 0.2) is 11.6 Å². The lowest BCUT2D eigenvalue weighted by atomic mass is 9.82. The van der Waals surface area contributed by atoms with Crippen molar-refractivity contribution in [2.24, 2.45) is 11.8 Å². The number of epoxide rings is 1. The first-order valence-electron chi connectivity index (χ1n) is 7.05. The maximum absolute atomic E-state index is 11.7. The maximum atomic E-state index is 11.7. The Morgan fingerprint density at radius 1 is 1.39 bits per heavy atom. The minimum atomic E-state index is -0.0354. The Labute approximate surface area is 109 Å². The van der Waals surface area contributed by atoms with Crippen molar-refractivity contribution in [2.45, 2.75) is 64.3 Å². The highest BCUT2D eigenvalue weighted by molar-refractivity contribution is 5.75. The molecule has 5 atom stereocenters. The second-order valence-corrected chi connectivity index (χ2v) is 6.36. The van der Waals surface area contributed by atoms with Gasteiger partial charge in [-0.1, -0.05) is 12.5 Å². The molecule has 100 valence electrons. The fourth-order valence-electron chi connectivity index (χ4n) is 3.41. The van der Waals surface area contributed by atoms with Crippen LogP contribution in [0.25, 0.3) is 0 Å². The van der Waals surface area contributed by atoms with E-state index >= 15 is 0 Å². The summed E-state index contributed by atoms with van der Waals surface area (Å²) in [7, 11) is 0. The van der Waals surface area contributed by atoms with Crippen LogP contribution in [0.5, 0.6) is 0 Å². The number of carbonyl (C=O) groups is 1. The van der Waals surface area contributed by atoms with Crippen molar-refractivity contribution < 1.29 is 14.3 Å². The molecule has 2 aliphatic heterocycles. The number of allylic oxidation sites excluding steroid dienone is 1. The van der Waals surface area contributed by atoms with E-state index in [9.17, 15) is 4.79 Å². The standard InChI is InChI=1S/C15H22O3/c1-9-4-5-13-15(3,18-13)7-6-11-10(2)14(16)17-12(11)8-9/h8,10-13H,4-7H2,1-3H3/b9-8+/t10-,11-,12+,13+,15-/m0/s1. The van der Waals surface area contributed by atoms with Crippen molar-refractivity contribution in [3.63, 3.8) is 0 Å². The molecule has 0 spiro atoms. The van der Waals surface area contributed by atoms with E-state index in [4.69, 9.17) is 9.47 Å². The van der Waals surface area contributed by atoms with Crippen molar-refractivity contribution >= 4 is 5.97 Å². The van der Waals surface area contributed by atoms with E-state index in [1.807, 2.05) is 6.92 Å². The summed E-state index contributed by atoms with van der Waals surface area (Å²) in [5.41, 5.74) is 1.39. The lowest BCUT2D eigenvalue weighted by Gasteiger charge is -2.20. The Morgan fingerprint density at radius 3 is 2.94 bits per heavy atom. The van der Waals surface area contributed by atoms with Gasteiger partial charge in [0.25, 0.3) is 0 Å². The molecule has 3 rings (SSSR count). The summed E-state index contributed by atoms with van der Waals surface area (Å²) >= 11 is 0. The molecule has 3 aliphatic rings. The zero-order chi connectivity index (χ0) is 12.9. The predicted molar refractivity (Wildman–Crippen MR) is 68.0 cm³/mol. The van der Waals surface area contributed by atoms with Gasteiger partial charge in [-0.25, -0.2) is 0 Å². The molecule has 1 aliphatic carbocycles. The molecule has 0 N–H and O–H groups in total. The minimum absolute atomic E-state index is 0.00796. The highest BCUT2D eigenvalue weighted by Gasteiger charge is 2.52. The number of esters is 1. The monoisotopic (exact) mass is 250 g/mol. The van der Waals surface area contributed by atoms with Gasteiger partial charge in [-0.2, -0.15) is 0 Å². The Balaban J connectivity index is 1.83. The molecule has 0 aromatic carbocycles. The van der Waals surface area contributed by atoms with E-state index in [2.05, 4.69) is 19.9 Å². The lowest BCUT2D eigenvalue weighted by Crippen LogP contribution is -2.22. The molecule has 3 nitrogen and oxygen atoms in total. The van der Waals surface area contributed by atoms with Crippen molar-refractivity contribution in [3.05, 3.63) is 11.6 Å². The third kappa shape index (κ3) is 1.99.